The Morgan fingerprint density at radius 1 is 1.12 bits per heavy atom. The molecule has 4 aromatic rings. The van der Waals surface area contributed by atoms with E-state index in [4.69, 9.17) is 17.0 Å². The molecule has 3 heterocycles. The van der Waals surface area contributed by atoms with Gasteiger partial charge in [0.05, 0.1) is 17.5 Å². The van der Waals surface area contributed by atoms with Crippen LogP contribution in [0.1, 0.15) is 48.0 Å². The van der Waals surface area contributed by atoms with Crippen molar-refractivity contribution < 1.29 is 4.79 Å². The van der Waals surface area contributed by atoms with Crippen LogP contribution in [0.4, 0.5) is 0 Å². The van der Waals surface area contributed by atoms with Crippen LogP contribution in [0.15, 0.2) is 59.5 Å². The summed E-state index contributed by atoms with van der Waals surface area (Å²) < 4.78 is 3.09. The van der Waals surface area contributed by atoms with Gasteiger partial charge in [-0.2, -0.15) is 0 Å². The predicted octanol–water partition coefficient (Wildman–Crippen LogP) is 3.89. The highest BCUT2D eigenvalue weighted by atomic mass is 35.5. The molecule has 8 heteroatoms. The predicted molar refractivity (Wildman–Crippen MR) is 128 cm³/mol. The van der Waals surface area contributed by atoms with Crippen LogP contribution >= 0.6 is 11.6 Å². The molecule has 0 aliphatic heterocycles. The number of carbonyl (C=O) groups excluding carboxylic acids is 1. The van der Waals surface area contributed by atoms with Gasteiger partial charge in [-0.05, 0) is 48.7 Å². The first-order valence-corrected chi connectivity index (χ1v) is 11.5. The molecule has 0 bridgehead atoms. The number of rotatable bonds is 4. The second-order valence-corrected chi connectivity index (χ2v) is 8.95. The van der Waals surface area contributed by atoms with Crippen LogP contribution in [0.5, 0.6) is 0 Å². The first-order valence-electron chi connectivity index (χ1n) is 11.2. The zero-order chi connectivity index (χ0) is 22.9. The van der Waals surface area contributed by atoms with Crippen molar-refractivity contribution in [1.82, 2.24) is 19.3 Å². The van der Waals surface area contributed by atoms with Crippen molar-refractivity contribution in [3.05, 3.63) is 86.7 Å². The molecule has 7 nitrogen and oxygen atoms in total. The van der Waals surface area contributed by atoms with Gasteiger partial charge in [-0.25, -0.2) is 4.98 Å². The molecule has 0 spiro atoms. The van der Waals surface area contributed by atoms with E-state index < -0.39 is 0 Å². The summed E-state index contributed by atoms with van der Waals surface area (Å²) in [6.07, 6.45) is 6.89. The quantitative estimate of drug-likeness (QED) is 0.451. The van der Waals surface area contributed by atoms with Gasteiger partial charge in [0.2, 0.25) is 0 Å². The number of carbonyl (C=O) groups is 1. The average Bonchev–Trinajstić information content (AvgIpc) is 2.83. The summed E-state index contributed by atoms with van der Waals surface area (Å²) in [6.45, 7) is 0.284. The van der Waals surface area contributed by atoms with Gasteiger partial charge in [-0.3, -0.25) is 19.4 Å². The number of hydrogen-bond acceptors (Lipinski definition) is 4. The minimum absolute atomic E-state index is 0.0259. The number of halogens is 1. The molecule has 1 aromatic carbocycles. The average molecular weight is 462 g/mol. The Hall–Kier alpha value is -3.45. The Morgan fingerprint density at radius 2 is 1.88 bits per heavy atom. The smallest absolute Gasteiger partial charge is 0.267 e. The number of nitrogens with one attached hydrogen (secondary N) is 2. The third-order valence-corrected chi connectivity index (χ3v) is 6.51. The maximum Gasteiger partial charge on any atom is 0.267 e. The Balaban J connectivity index is 1.69. The van der Waals surface area contributed by atoms with Crippen molar-refractivity contribution in [1.29, 1.82) is 5.41 Å². The van der Waals surface area contributed by atoms with Crippen molar-refractivity contribution in [2.75, 3.05) is 0 Å². The highest BCUT2D eigenvalue weighted by molar-refractivity contribution is 6.30. The van der Waals surface area contributed by atoms with E-state index in [0.717, 1.165) is 31.2 Å². The largest absolute Gasteiger partial charge is 0.349 e. The van der Waals surface area contributed by atoms with E-state index in [2.05, 4.69) is 10.3 Å². The second kappa shape index (κ2) is 8.83. The van der Waals surface area contributed by atoms with E-state index in [1.807, 2.05) is 18.2 Å². The number of fused-ring (bicyclic) bond motifs is 2. The summed E-state index contributed by atoms with van der Waals surface area (Å²) in [5.74, 6) is -0.323. The molecule has 2 N–H and O–H groups in total. The lowest BCUT2D eigenvalue weighted by molar-refractivity contribution is 0.0925. The monoisotopic (exact) mass is 461 g/mol. The lowest BCUT2D eigenvalue weighted by atomic mass is 9.95. The molecule has 1 saturated carbocycles. The number of benzene rings is 1. The molecular formula is C25H24ClN5O2. The number of aromatic nitrogens is 3. The van der Waals surface area contributed by atoms with Crippen molar-refractivity contribution in [2.45, 2.75) is 44.7 Å². The van der Waals surface area contributed by atoms with Crippen molar-refractivity contribution in [3.63, 3.8) is 0 Å². The highest BCUT2D eigenvalue weighted by Crippen LogP contribution is 2.18. The van der Waals surface area contributed by atoms with Gasteiger partial charge >= 0.3 is 0 Å². The van der Waals surface area contributed by atoms with Crippen molar-refractivity contribution in [3.8, 4) is 0 Å². The van der Waals surface area contributed by atoms with Gasteiger partial charge in [0.25, 0.3) is 11.5 Å². The van der Waals surface area contributed by atoms with E-state index in [0.29, 0.717) is 21.7 Å². The fraction of sp³-hybridized carbons (Fsp3) is 0.280. The molecule has 0 saturated heterocycles. The molecule has 1 fully saturated rings. The van der Waals surface area contributed by atoms with Crippen molar-refractivity contribution in [2.24, 2.45) is 0 Å². The zero-order valence-electron chi connectivity index (χ0n) is 18.1. The van der Waals surface area contributed by atoms with Crippen LogP contribution < -0.4 is 16.4 Å². The van der Waals surface area contributed by atoms with E-state index >= 15 is 0 Å². The Kier molecular flexibility index (Phi) is 5.72. The summed E-state index contributed by atoms with van der Waals surface area (Å²) in [5, 5.41) is 12.9. The third-order valence-electron chi connectivity index (χ3n) is 6.26. The van der Waals surface area contributed by atoms with Crippen LogP contribution in [0.3, 0.4) is 0 Å². The normalized spacial score (nSPS) is 14.6. The topological polar surface area (TPSA) is 92.2 Å². The fourth-order valence-corrected chi connectivity index (χ4v) is 4.62. The summed E-state index contributed by atoms with van der Waals surface area (Å²) in [5.41, 5.74) is 1.68. The number of pyridine rings is 2. The van der Waals surface area contributed by atoms with Crippen LogP contribution in [0.25, 0.3) is 16.7 Å². The van der Waals surface area contributed by atoms with Gasteiger partial charge in [-0.1, -0.05) is 49.1 Å². The van der Waals surface area contributed by atoms with E-state index in [-0.39, 0.29) is 35.1 Å². The number of nitrogens with zero attached hydrogens (tertiary/aromatic N) is 3. The summed E-state index contributed by atoms with van der Waals surface area (Å²) in [7, 11) is 0. The molecule has 1 aliphatic carbocycles. The van der Waals surface area contributed by atoms with Gasteiger partial charge in [0.15, 0.2) is 0 Å². The van der Waals surface area contributed by atoms with Gasteiger partial charge in [0.1, 0.15) is 16.8 Å². The SMILES string of the molecule is N=c1c(C(=O)NC2CCCCC2)cc2c(=O)n3ccccc3nc2n1Cc1ccc(Cl)cc1. The van der Waals surface area contributed by atoms with Gasteiger partial charge in [-0.15, -0.1) is 0 Å². The minimum Gasteiger partial charge on any atom is -0.349 e. The fourth-order valence-electron chi connectivity index (χ4n) is 4.50. The molecule has 168 valence electrons. The molecule has 3 aromatic heterocycles. The Morgan fingerprint density at radius 3 is 2.64 bits per heavy atom. The lowest BCUT2D eigenvalue weighted by Crippen LogP contribution is -2.40. The molecule has 33 heavy (non-hydrogen) atoms. The Bertz CT molecular complexity index is 1470. The van der Waals surface area contributed by atoms with Gasteiger partial charge in [0, 0.05) is 17.3 Å². The highest BCUT2D eigenvalue weighted by Gasteiger charge is 2.21. The maximum atomic E-state index is 13.3. The molecule has 0 radical (unpaired) electrons. The van der Waals surface area contributed by atoms with Crippen molar-refractivity contribution >= 4 is 34.2 Å². The maximum absolute atomic E-state index is 13.3. The van der Waals surface area contributed by atoms with Crippen LogP contribution in [-0.2, 0) is 6.54 Å². The Labute approximate surface area is 195 Å². The standard InChI is InChI=1S/C25H24ClN5O2/c26-17-11-9-16(10-12-17)15-31-22(27)19(24(32)28-18-6-2-1-3-7-18)14-20-23(31)29-21-8-4-5-13-30(21)25(20)33/h4-5,8-14,18,27H,1-3,6-7,15H2,(H,28,32). The zero-order valence-corrected chi connectivity index (χ0v) is 18.8. The van der Waals surface area contributed by atoms with E-state index in [9.17, 15) is 9.59 Å². The van der Waals surface area contributed by atoms with Crippen LogP contribution in [0.2, 0.25) is 5.02 Å². The summed E-state index contributed by atoms with van der Waals surface area (Å²) >= 11 is 6.03. The molecule has 0 unspecified atom stereocenters. The first kappa shape index (κ1) is 21.4. The third kappa shape index (κ3) is 4.16. The molecule has 5 rings (SSSR count). The molecular weight excluding hydrogens is 438 g/mol. The van der Waals surface area contributed by atoms with Gasteiger partial charge < -0.3 is 9.88 Å². The number of hydrogen-bond donors (Lipinski definition) is 2. The molecule has 1 amide bonds. The molecule has 0 atom stereocenters. The lowest BCUT2D eigenvalue weighted by Gasteiger charge is -2.23. The van der Waals surface area contributed by atoms with E-state index in [1.54, 1.807) is 35.0 Å². The van der Waals surface area contributed by atoms with Crippen LogP contribution in [0, 0.1) is 5.41 Å². The summed E-state index contributed by atoms with van der Waals surface area (Å²) in [4.78, 5) is 31.2. The second-order valence-electron chi connectivity index (χ2n) is 8.51. The number of amides is 1. The van der Waals surface area contributed by atoms with E-state index in [1.165, 1.54) is 16.9 Å². The molecule has 1 aliphatic rings. The van der Waals surface area contributed by atoms with Crippen LogP contribution in [-0.4, -0.2) is 25.9 Å². The summed E-state index contributed by atoms with van der Waals surface area (Å²) in [6, 6.07) is 14.2. The minimum atomic E-state index is -0.323. The first-order chi connectivity index (χ1) is 16.0.